The Bertz CT molecular complexity index is 1260. The third-order valence-corrected chi connectivity index (χ3v) is 5.20. The molecule has 0 radical (unpaired) electrons. The largest absolute Gasteiger partial charge is 0.281 e. The van der Waals surface area contributed by atoms with Gasteiger partial charge in [-0.05, 0) is 54.8 Å². The summed E-state index contributed by atoms with van der Waals surface area (Å²) in [6.45, 7) is 3.83. The van der Waals surface area contributed by atoms with E-state index in [0.29, 0.717) is 17.0 Å². The normalized spacial score (nSPS) is 15.2. The molecule has 0 unspecified atom stereocenters. The molecule has 0 fully saturated rings. The molecule has 158 valence electrons. The fraction of sp³-hybridized carbons (Fsp3) is 0.0769. The Morgan fingerprint density at radius 1 is 0.938 bits per heavy atom. The summed E-state index contributed by atoms with van der Waals surface area (Å²) in [6.07, 6.45) is 3.71. The minimum atomic E-state index is -0.428. The van der Waals surface area contributed by atoms with Crippen LogP contribution in [-0.4, -0.2) is 16.5 Å². The van der Waals surface area contributed by atoms with Crippen LogP contribution in [0.2, 0.25) is 0 Å². The maximum Gasteiger partial charge on any atom is 0.281 e. The van der Waals surface area contributed by atoms with Crippen molar-refractivity contribution in [1.82, 2.24) is 0 Å². The van der Waals surface area contributed by atoms with Crippen LogP contribution in [0.5, 0.6) is 0 Å². The maximum absolute atomic E-state index is 13.4. The molecule has 0 N–H and O–H groups in total. The molecule has 4 rings (SSSR count). The lowest BCUT2D eigenvalue weighted by molar-refractivity contribution is -0.384. The number of aryl methyl sites for hydroxylation is 1. The van der Waals surface area contributed by atoms with E-state index in [0.717, 1.165) is 22.3 Å². The Labute approximate surface area is 186 Å². The number of carbonyl (C=O) groups excluding carboxylic acids is 1. The molecule has 0 bridgehead atoms. The van der Waals surface area contributed by atoms with E-state index in [1.54, 1.807) is 12.1 Å². The first-order chi connectivity index (χ1) is 15.4. The Morgan fingerprint density at radius 3 is 2.22 bits per heavy atom. The van der Waals surface area contributed by atoms with Gasteiger partial charge in [-0.25, -0.2) is 0 Å². The van der Waals surface area contributed by atoms with Crippen molar-refractivity contribution < 1.29 is 9.72 Å². The first-order valence-electron chi connectivity index (χ1n) is 10.1. The Morgan fingerprint density at radius 2 is 1.59 bits per heavy atom. The van der Waals surface area contributed by atoms with Crippen molar-refractivity contribution >= 4 is 34.6 Å². The van der Waals surface area contributed by atoms with Crippen molar-refractivity contribution in [2.75, 3.05) is 5.01 Å². The first-order valence-corrected chi connectivity index (χ1v) is 10.1. The zero-order chi connectivity index (χ0) is 22.7. The summed E-state index contributed by atoms with van der Waals surface area (Å²) in [5.74, 6) is -0.197. The summed E-state index contributed by atoms with van der Waals surface area (Å²) in [7, 11) is 0. The van der Waals surface area contributed by atoms with Gasteiger partial charge < -0.3 is 0 Å². The fourth-order valence-electron chi connectivity index (χ4n) is 3.50. The zero-order valence-electron chi connectivity index (χ0n) is 17.7. The van der Waals surface area contributed by atoms with E-state index in [9.17, 15) is 14.9 Å². The number of hydrazone groups is 1. The van der Waals surface area contributed by atoms with Crippen LogP contribution in [0.1, 0.15) is 23.6 Å². The number of hydrogen-bond acceptors (Lipinski definition) is 4. The van der Waals surface area contributed by atoms with Crippen LogP contribution in [-0.2, 0) is 4.79 Å². The topological polar surface area (TPSA) is 75.8 Å². The number of non-ortho nitro benzene ring substituents is 1. The number of anilines is 1. The standard InChI is InChI=1S/C26H21N3O3/c1-18-8-13-21(14-9-18)24(17-12-20-10-15-23(16-11-20)29(31)32)25-19(2)27-28(26(25)30)22-6-4-3-5-7-22/h3-17H,1-2H3. The van der Waals surface area contributed by atoms with Crippen LogP contribution in [0.15, 0.2) is 95.6 Å². The first kappa shape index (κ1) is 20.9. The molecule has 1 amide bonds. The van der Waals surface area contributed by atoms with Gasteiger partial charge in [0.15, 0.2) is 0 Å². The van der Waals surface area contributed by atoms with Gasteiger partial charge in [0.05, 0.1) is 21.9 Å². The molecule has 0 saturated heterocycles. The lowest BCUT2D eigenvalue weighted by Gasteiger charge is -2.13. The van der Waals surface area contributed by atoms with E-state index < -0.39 is 4.92 Å². The van der Waals surface area contributed by atoms with Crippen LogP contribution < -0.4 is 5.01 Å². The predicted molar refractivity (Wildman–Crippen MR) is 127 cm³/mol. The molecule has 0 spiro atoms. The number of amides is 1. The van der Waals surface area contributed by atoms with Gasteiger partial charge in [0.1, 0.15) is 0 Å². The monoisotopic (exact) mass is 423 g/mol. The van der Waals surface area contributed by atoms with Gasteiger partial charge in [-0.3, -0.25) is 14.9 Å². The van der Waals surface area contributed by atoms with Crippen LogP contribution in [0, 0.1) is 17.0 Å². The van der Waals surface area contributed by atoms with Crippen LogP contribution in [0.25, 0.3) is 11.6 Å². The molecule has 32 heavy (non-hydrogen) atoms. The van der Waals surface area contributed by atoms with Gasteiger partial charge in [-0.15, -0.1) is 0 Å². The molecule has 1 aliphatic heterocycles. The number of nitro groups is 1. The van der Waals surface area contributed by atoms with Gasteiger partial charge in [-0.2, -0.15) is 10.1 Å². The molecule has 0 aliphatic carbocycles. The Kier molecular flexibility index (Phi) is 5.77. The van der Waals surface area contributed by atoms with Crippen molar-refractivity contribution in [2.45, 2.75) is 13.8 Å². The lowest BCUT2D eigenvalue weighted by Crippen LogP contribution is -2.21. The SMILES string of the molecule is CC1=NN(c2ccccc2)C(=O)C1=C(C=Cc1ccc([N+](=O)[O-])cc1)c1ccc(C)cc1. The van der Waals surface area contributed by atoms with Gasteiger partial charge in [0, 0.05) is 12.1 Å². The number of para-hydroxylation sites is 1. The number of hydrogen-bond donors (Lipinski definition) is 0. The van der Waals surface area contributed by atoms with E-state index in [4.69, 9.17) is 0 Å². The number of rotatable bonds is 5. The van der Waals surface area contributed by atoms with Crippen molar-refractivity contribution in [2.24, 2.45) is 5.10 Å². The average Bonchev–Trinajstić information content (AvgIpc) is 3.10. The summed E-state index contributed by atoms with van der Waals surface area (Å²) >= 11 is 0. The van der Waals surface area contributed by atoms with Crippen molar-refractivity contribution in [3.63, 3.8) is 0 Å². The van der Waals surface area contributed by atoms with Gasteiger partial charge in [-0.1, -0.05) is 60.2 Å². The summed E-state index contributed by atoms with van der Waals surface area (Å²) < 4.78 is 0. The molecule has 6 nitrogen and oxygen atoms in total. The van der Waals surface area contributed by atoms with Crippen molar-refractivity contribution in [1.29, 1.82) is 0 Å². The molecule has 6 heteroatoms. The minimum absolute atomic E-state index is 0.0340. The minimum Gasteiger partial charge on any atom is -0.267 e. The van der Waals surface area contributed by atoms with Crippen LogP contribution in [0.4, 0.5) is 11.4 Å². The van der Waals surface area contributed by atoms with Crippen molar-refractivity contribution in [3.8, 4) is 0 Å². The number of nitrogens with zero attached hydrogens (tertiary/aromatic N) is 3. The molecule has 0 atom stereocenters. The third kappa shape index (κ3) is 4.25. The summed E-state index contributed by atoms with van der Waals surface area (Å²) in [5.41, 5.74) is 5.43. The van der Waals surface area contributed by atoms with Gasteiger partial charge in [0.2, 0.25) is 0 Å². The molecular formula is C26H21N3O3. The molecule has 3 aromatic rings. The molecule has 3 aromatic carbocycles. The molecule has 1 heterocycles. The average molecular weight is 423 g/mol. The van der Waals surface area contributed by atoms with E-state index in [1.165, 1.54) is 17.1 Å². The second-order valence-corrected chi connectivity index (χ2v) is 7.47. The molecule has 0 aromatic heterocycles. The predicted octanol–water partition coefficient (Wildman–Crippen LogP) is 5.79. The number of carbonyl (C=O) groups is 1. The summed E-state index contributed by atoms with van der Waals surface area (Å²) in [4.78, 5) is 23.9. The van der Waals surface area contributed by atoms with Gasteiger partial charge in [0.25, 0.3) is 11.6 Å². The molecular weight excluding hydrogens is 402 g/mol. The number of allylic oxidation sites excluding steroid dienone is 2. The van der Waals surface area contributed by atoms with E-state index in [-0.39, 0.29) is 11.6 Å². The highest BCUT2D eigenvalue weighted by atomic mass is 16.6. The summed E-state index contributed by atoms with van der Waals surface area (Å²) in [6, 6.07) is 23.5. The maximum atomic E-state index is 13.4. The quantitative estimate of drug-likeness (QED) is 0.296. The fourth-order valence-corrected chi connectivity index (χ4v) is 3.50. The second kappa shape index (κ2) is 8.81. The van der Waals surface area contributed by atoms with E-state index in [2.05, 4.69) is 5.10 Å². The van der Waals surface area contributed by atoms with E-state index in [1.807, 2.05) is 80.6 Å². The highest BCUT2D eigenvalue weighted by molar-refractivity contribution is 6.34. The van der Waals surface area contributed by atoms with E-state index >= 15 is 0 Å². The highest BCUT2D eigenvalue weighted by Gasteiger charge is 2.31. The van der Waals surface area contributed by atoms with Crippen LogP contribution in [0.3, 0.4) is 0 Å². The molecule has 1 aliphatic rings. The Balaban J connectivity index is 1.78. The number of benzene rings is 3. The van der Waals surface area contributed by atoms with Crippen LogP contribution >= 0.6 is 0 Å². The zero-order valence-corrected chi connectivity index (χ0v) is 17.7. The second-order valence-electron chi connectivity index (χ2n) is 7.47. The summed E-state index contributed by atoms with van der Waals surface area (Å²) in [5, 5.41) is 16.8. The van der Waals surface area contributed by atoms with Gasteiger partial charge >= 0.3 is 0 Å². The highest BCUT2D eigenvalue weighted by Crippen LogP contribution is 2.30. The van der Waals surface area contributed by atoms with Crippen molar-refractivity contribution in [3.05, 3.63) is 117 Å². The third-order valence-electron chi connectivity index (χ3n) is 5.20. The smallest absolute Gasteiger partial charge is 0.267 e. The Hall–Kier alpha value is -4.32. The lowest BCUT2D eigenvalue weighted by atomic mass is 9.95. The number of nitro benzene ring substituents is 1. The molecule has 0 saturated carbocycles.